The van der Waals surface area contributed by atoms with Crippen LogP contribution in [0.1, 0.15) is 5.89 Å². The number of nitrogens with zero attached hydrogens (tertiary/aromatic N) is 3. The summed E-state index contributed by atoms with van der Waals surface area (Å²) >= 11 is 9.00. The number of rotatable bonds is 5. The van der Waals surface area contributed by atoms with Gasteiger partial charge < -0.3 is 9.73 Å². The second kappa shape index (κ2) is 6.80. The van der Waals surface area contributed by atoms with Gasteiger partial charge >= 0.3 is 0 Å². The standard InChI is InChI=1S/C16H11ClN4OS2/c17-10-4-3-5-11(8-10)18-15-20-21-16(24-15)23-9-14-19-12-6-1-2-7-13(12)22-14/h1-8H,9H2,(H,18,20). The molecule has 4 aromatic rings. The Kier molecular flexibility index (Phi) is 4.38. The van der Waals surface area contributed by atoms with E-state index in [-0.39, 0.29) is 0 Å². The van der Waals surface area contributed by atoms with Crippen molar-refractivity contribution in [2.45, 2.75) is 10.1 Å². The van der Waals surface area contributed by atoms with E-state index in [2.05, 4.69) is 20.5 Å². The first-order valence-corrected chi connectivity index (χ1v) is 9.28. The summed E-state index contributed by atoms with van der Waals surface area (Å²) in [6.45, 7) is 0. The van der Waals surface area contributed by atoms with Crippen LogP contribution in [0, 0.1) is 0 Å². The molecule has 0 aliphatic rings. The Labute approximate surface area is 151 Å². The smallest absolute Gasteiger partial charge is 0.210 e. The summed E-state index contributed by atoms with van der Waals surface area (Å²) in [5.41, 5.74) is 2.55. The Bertz CT molecular complexity index is 952. The van der Waals surface area contributed by atoms with Crippen LogP contribution < -0.4 is 5.32 Å². The second-order valence-electron chi connectivity index (χ2n) is 4.87. The molecule has 4 rings (SSSR count). The van der Waals surface area contributed by atoms with Crippen LogP contribution in [0.4, 0.5) is 10.8 Å². The van der Waals surface area contributed by atoms with Crippen molar-refractivity contribution in [2.75, 3.05) is 5.32 Å². The summed E-state index contributed by atoms with van der Waals surface area (Å²) < 4.78 is 6.55. The maximum Gasteiger partial charge on any atom is 0.210 e. The minimum atomic E-state index is 0.612. The highest BCUT2D eigenvalue weighted by Crippen LogP contribution is 2.30. The van der Waals surface area contributed by atoms with Crippen LogP contribution in [0.15, 0.2) is 57.3 Å². The molecule has 2 heterocycles. The molecule has 0 aliphatic carbocycles. The lowest BCUT2D eigenvalue weighted by atomic mass is 10.3. The molecular formula is C16H11ClN4OS2. The Balaban J connectivity index is 1.41. The average Bonchev–Trinajstić information content (AvgIpc) is 3.19. The zero-order valence-corrected chi connectivity index (χ0v) is 14.7. The first-order chi connectivity index (χ1) is 11.8. The van der Waals surface area contributed by atoms with Gasteiger partial charge in [0.25, 0.3) is 0 Å². The molecule has 0 fully saturated rings. The quantitative estimate of drug-likeness (QED) is 0.474. The molecule has 0 aliphatic heterocycles. The van der Waals surface area contributed by atoms with Gasteiger partial charge in [0.05, 0.1) is 5.75 Å². The number of nitrogens with one attached hydrogen (secondary N) is 1. The van der Waals surface area contributed by atoms with Crippen LogP contribution in [-0.2, 0) is 5.75 Å². The van der Waals surface area contributed by atoms with Crippen LogP contribution >= 0.6 is 34.7 Å². The molecule has 2 aromatic carbocycles. The molecule has 2 aromatic heterocycles. The van der Waals surface area contributed by atoms with E-state index in [1.165, 1.54) is 11.3 Å². The van der Waals surface area contributed by atoms with E-state index in [0.29, 0.717) is 16.7 Å². The average molecular weight is 375 g/mol. The van der Waals surface area contributed by atoms with Crippen molar-refractivity contribution in [1.82, 2.24) is 15.2 Å². The monoisotopic (exact) mass is 374 g/mol. The minimum absolute atomic E-state index is 0.612. The summed E-state index contributed by atoms with van der Waals surface area (Å²) in [6, 6.07) is 15.2. The molecule has 24 heavy (non-hydrogen) atoms. The van der Waals surface area contributed by atoms with Gasteiger partial charge in [0, 0.05) is 10.7 Å². The Morgan fingerprint density at radius 2 is 2.04 bits per heavy atom. The Hall–Kier alpha value is -2.09. The molecule has 0 bridgehead atoms. The molecule has 0 atom stereocenters. The first-order valence-electron chi connectivity index (χ1n) is 7.09. The van der Waals surface area contributed by atoms with Crippen molar-refractivity contribution in [2.24, 2.45) is 0 Å². The summed E-state index contributed by atoms with van der Waals surface area (Å²) in [4.78, 5) is 4.45. The van der Waals surface area contributed by atoms with E-state index < -0.39 is 0 Å². The number of anilines is 2. The van der Waals surface area contributed by atoms with Gasteiger partial charge in [-0.15, -0.1) is 10.2 Å². The minimum Gasteiger partial charge on any atom is -0.440 e. The number of benzene rings is 2. The number of aromatic nitrogens is 3. The molecule has 0 saturated carbocycles. The third-order valence-electron chi connectivity index (χ3n) is 3.14. The summed E-state index contributed by atoms with van der Waals surface area (Å²) in [5.74, 6) is 1.29. The summed E-state index contributed by atoms with van der Waals surface area (Å²) in [6.07, 6.45) is 0. The van der Waals surface area contributed by atoms with Gasteiger partial charge in [0.2, 0.25) is 11.0 Å². The predicted molar refractivity (Wildman–Crippen MR) is 98.2 cm³/mol. The van der Waals surface area contributed by atoms with E-state index in [1.807, 2.05) is 48.5 Å². The van der Waals surface area contributed by atoms with E-state index in [9.17, 15) is 0 Å². The fourth-order valence-electron chi connectivity index (χ4n) is 2.11. The molecular weight excluding hydrogens is 364 g/mol. The number of hydrogen-bond acceptors (Lipinski definition) is 7. The highest BCUT2D eigenvalue weighted by Gasteiger charge is 2.09. The van der Waals surface area contributed by atoms with Gasteiger partial charge in [-0.05, 0) is 30.3 Å². The number of oxazole rings is 1. The van der Waals surface area contributed by atoms with Crippen molar-refractivity contribution in [3.63, 3.8) is 0 Å². The van der Waals surface area contributed by atoms with Crippen LogP contribution in [0.5, 0.6) is 0 Å². The van der Waals surface area contributed by atoms with Crippen molar-refractivity contribution in [3.05, 3.63) is 59.4 Å². The van der Waals surface area contributed by atoms with Crippen LogP contribution in [0.2, 0.25) is 5.02 Å². The van der Waals surface area contributed by atoms with Gasteiger partial charge in [-0.25, -0.2) is 4.98 Å². The molecule has 8 heteroatoms. The van der Waals surface area contributed by atoms with Crippen molar-refractivity contribution < 1.29 is 4.42 Å². The number of thioether (sulfide) groups is 1. The number of fused-ring (bicyclic) bond motifs is 1. The highest BCUT2D eigenvalue weighted by atomic mass is 35.5. The largest absolute Gasteiger partial charge is 0.440 e. The molecule has 0 saturated heterocycles. The third-order valence-corrected chi connectivity index (χ3v) is 5.33. The molecule has 0 spiro atoms. The van der Waals surface area contributed by atoms with E-state index >= 15 is 0 Å². The number of halogens is 1. The van der Waals surface area contributed by atoms with Crippen LogP contribution in [0.25, 0.3) is 11.1 Å². The fraction of sp³-hybridized carbons (Fsp3) is 0.0625. The first kappa shape index (κ1) is 15.4. The zero-order valence-electron chi connectivity index (χ0n) is 12.3. The van der Waals surface area contributed by atoms with Gasteiger partial charge in [-0.3, -0.25) is 0 Å². The number of para-hydroxylation sites is 2. The van der Waals surface area contributed by atoms with Crippen LogP contribution in [-0.4, -0.2) is 15.2 Å². The predicted octanol–water partition coefficient (Wildman–Crippen LogP) is 5.37. The van der Waals surface area contributed by atoms with Gasteiger partial charge in [0.1, 0.15) is 5.52 Å². The third kappa shape index (κ3) is 3.53. The van der Waals surface area contributed by atoms with E-state index in [4.69, 9.17) is 16.0 Å². The van der Waals surface area contributed by atoms with Gasteiger partial charge in [-0.1, -0.05) is 52.9 Å². The van der Waals surface area contributed by atoms with Crippen molar-refractivity contribution >= 4 is 56.6 Å². The lowest BCUT2D eigenvalue weighted by Crippen LogP contribution is -1.88. The Morgan fingerprint density at radius 1 is 1.12 bits per heavy atom. The molecule has 0 amide bonds. The van der Waals surface area contributed by atoms with Crippen molar-refractivity contribution in [3.8, 4) is 0 Å². The fourth-order valence-corrected chi connectivity index (χ4v) is 3.92. The molecule has 0 radical (unpaired) electrons. The van der Waals surface area contributed by atoms with E-state index in [0.717, 1.165) is 26.3 Å². The summed E-state index contributed by atoms with van der Waals surface area (Å²) in [5, 5.41) is 12.9. The van der Waals surface area contributed by atoms with Crippen molar-refractivity contribution in [1.29, 1.82) is 0 Å². The highest BCUT2D eigenvalue weighted by molar-refractivity contribution is 8.00. The lowest BCUT2D eigenvalue weighted by Gasteiger charge is -2.00. The molecule has 5 nitrogen and oxygen atoms in total. The number of hydrogen-bond donors (Lipinski definition) is 1. The molecule has 0 unspecified atom stereocenters. The molecule has 1 N–H and O–H groups in total. The van der Waals surface area contributed by atoms with Crippen LogP contribution in [0.3, 0.4) is 0 Å². The summed E-state index contributed by atoms with van der Waals surface area (Å²) in [7, 11) is 0. The molecule has 120 valence electrons. The zero-order chi connectivity index (χ0) is 16.4. The van der Waals surface area contributed by atoms with Gasteiger partial charge in [-0.2, -0.15) is 0 Å². The Morgan fingerprint density at radius 3 is 2.92 bits per heavy atom. The SMILES string of the molecule is Clc1cccc(Nc2nnc(SCc3nc4ccccc4o3)s2)c1. The van der Waals surface area contributed by atoms with Gasteiger partial charge in [0.15, 0.2) is 9.92 Å². The lowest BCUT2D eigenvalue weighted by molar-refractivity contribution is 0.556. The normalized spacial score (nSPS) is 11.0. The maximum absolute atomic E-state index is 5.97. The topological polar surface area (TPSA) is 63.8 Å². The van der Waals surface area contributed by atoms with E-state index in [1.54, 1.807) is 11.8 Å². The maximum atomic E-state index is 5.97. The second-order valence-corrected chi connectivity index (χ2v) is 7.51.